The van der Waals surface area contributed by atoms with Crippen LogP contribution in [0.2, 0.25) is 0 Å². The molecule has 0 amide bonds. The maximum absolute atomic E-state index is 12.3. The number of nitrogen functional groups attached to an aromatic ring is 1. The highest BCUT2D eigenvalue weighted by atomic mass is 32.2. The molecule has 0 aliphatic carbocycles. The van der Waals surface area contributed by atoms with Crippen LogP contribution in [0.25, 0.3) is 0 Å². The highest BCUT2D eigenvalue weighted by Crippen LogP contribution is 2.37. The van der Waals surface area contributed by atoms with Crippen molar-refractivity contribution in [1.29, 1.82) is 0 Å². The van der Waals surface area contributed by atoms with Gasteiger partial charge in [-0.2, -0.15) is 13.2 Å². The van der Waals surface area contributed by atoms with Gasteiger partial charge in [-0.15, -0.1) is 11.8 Å². The smallest absolute Gasteiger partial charge is 0.397 e. The Bertz CT molecular complexity index is 309. The van der Waals surface area contributed by atoms with Gasteiger partial charge in [0, 0.05) is 4.90 Å². The lowest BCUT2D eigenvalue weighted by Crippen LogP contribution is -2.09. The minimum absolute atomic E-state index is 0.192. The Balaban J connectivity index is 3.24. The van der Waals surface area contributed by atoms with Crippen molar-refractivity contribution in [1.82, 2.24) is 0 Å². The largest absolute Gasteiger partial charge is 0.418 e. The molecule has 0 bridgehead atoms. The van der Waals surface area contributed by atoms with Crippen molar-refractivity contribution in [2.45, 2.75) is 11.1 Å². The fraction of sp³-hybridized carbons (Fsp3) is 0.250. The molecule has 0 aliphatic heterocycles. The molecule has 0 saturated heterocycles. The molecular formula is C8H8F3NS. The summed E-state index contributed by atoms with van der Waals surface area (Å²) in [4.78, 5) is 0.454. The first-order valence-electron chi connectivity index (χ1n) is 3.46. The van der Waals surface area contributed by atoms with Gasteiger partial charge < -0.3 is 5.73 Å². The average Bonchev–Trinajstić information content (AvgIpc) is 2.02. The quantitative estimate of drug-likeness (QED) is 0.566. The number of hydrogen-bond donors (Lipinski definition) is 1. The van der Waals surface area contributed by atoms with Crippen LogP contribution in [0.3, 0.4) is 0 Å². The first kappa shape index (κ1) is 10.2. The minimum atomic E-state index is -4.37. The summed E-state index contributed by atoms with van der Waals surface area (Å²) in [5.74, 6) is 0. The van der Waals surface area contributed by atoms with Crippen LogP contribution in [0.5, 0.6) is 0 Å². The van der Waals surface area contributed by atoms with E-state index < -0.39 is 11.7 Å². The van der Waals surface area contributed by atoms with Crippen LogP contribution >= 0.6 is 11.8 Å². The highest BCUT2D eigenvalue weighted by molar-refractivity contribution is 7.98. The fourth-order valence-electron chi connectivity index (χ4n) is 0.969. The Morgan fingerprint density at radius 2 is 1.92 bits per heavy atom. The maximum Gasteiger partial charge on any atom is 0.418 e. The molecule has 0 aromatic heterocycles. The van der Waals surface area contributed by atoms with E-state index in [4.69, 9.17) is 5.73 Å². The molecule has 0 heterocycles. The Morgan fingerprint density at radius 1 is 1.31 bits per heavy atom. The van der Waals surface area contributed by atoms with E-state index in [1.807, 2.05) is 0 Å². The lowest BCUT2D eigenvalue weighted by atomic mass is 10.2. The Labute approximate surface area is 78.1 Å². The molecule has 13 heavy (non-hydrogen) atoms. The first-order chi connectivity index (χ1) is 5.96. The monoisotopic (exact) mass is 207 g/mol. The van der Waals surface area contributed by atoms with Crippen molar-refractivity contribution in [2.75, 3.05) is 12.0 Å². The van der Waals surface area contributed by atoms with Gasteiger partial charge in [0.2, 0.25) is 0 Å². The zero-order valence-corrected chi connectivity index (χ0v) is 7.67. The summed E-state index contributed by atoms with van der Waals surface area (Å²) in [7, 11) is 0. The number of benzene rings is 1. The van der Waals surface area contributed by atoms with Crippen LogP contribution in [0.4, 0.5) is 18.9 Å². The van der Waals surface area contributed by atoms with Crippen LogP contribution in [0.15, 0.2) is 23.1 Å². The predicted molar refractivity (Wildman–Crippen MR) is 47.6 cm³/mol. The summed E-state index contributed by atoms with van der Waals surface area (Å²) in [6, 6.07) is 3.90. The van der Waals surface area contributed by atoms with Gasteiger partial charge >= 0.3 is 6.18 Å². The van der Waals surface area contributed by atoms with Crippen molar-refractivity contribution < 1.29 is 13.2 Å². The zero-order valence-electron chi connectivity index (χ0n) is 6.85. The second kappa shape index (κ2) is 3.49. The molecule has 0 atom stereocenters. The number of nitrogens with two attached hydrogens (primary N) is 1. The molecule has 72 valence electrons. The highest BCUT2D eigenvalue weighted by Gasteiger charge is 2.33. The number of alkyl halides is 3. The second-order valence-electron chi connectivity index (χ2n) is 2.42. The van der Waals surface area contributed by atoms with Crippen molar-refractivity contribution in [3.05, 3.63) is 23.8 Å². The number of rotatable bonds is 1. The van der Waals surface area contributed by atoms with Crippen LogP contribution in [-0.4, -0.2) is 6.26 Å². The molecule has 2 N–H and O–H groups in total. The van der Waals surface area contributed by atoms with Crippen LogP contribution in [0.1, 0.15) is 5.56 Å². The van der Waals surface area contributed by atoms with E-state index in [9.17, 15) is 13.2 Å². The third-order valence-electron chi connectivity index (χ3n) is 1.59. The molecule has 0 spiro atoms. The Hall–Kier alpha value is -0.840. The molecule has 1 aromatic rings. The SMILES string of the molecule is CSc1cccc(C(F)(F)F)c1N. The molecule has 0 saturated carbocycles. The number of halogens is 3. The van der Waals surface area contributed by atoms with E-state index >= 15 is 0 Å². The normalized spacial score (nSPS) is 11.7. The lowest BCUT2D eigenvalue weighted by molar-refractivity contribution is -0.137. The summed E-state index contributed by atoms with van der Waals surface area (Å²) in [6.07, 6.45) is -2.68. The molecule has 0 radical (unpaired) electrons. The number of thioether (sulfide) groups is 1. The molecular weight excluding hydrogens is 199 g/mol. The fourth-order valence-corrected chi connectivity index (χ4v) is 1.51. The Morgan fingerprint density at radius 3 is 2.38 bits per heavy atom. The Kier molecular flexibility index (Phi) is 2.75. The van der Waals surface area contributed by atoms with Gasteiger partial charge in [0.25, 0.3) is 0 Å². The van der Waals surface area contributed by atoms with E-state index in [-0.39, 0.29) is 5.69 Å². The zero-order chi connectivity index (χ0) is 10.1. The first-order valence-corrected chi connectivity index (χ1v) is 4.69. The molecule has 5 heteroatoms. The number of hydrogen-bond acceptors (Lipinski definition) is 2. The third-order valence-corrected chi connectivity index (χ3v) is 2.39. The van der Waals surface area contributed by atoms with Crippen LogP contribution in [0, 0.1) is 0 Å². The number of para-hydroxylation sites is 1. The molecule has 0 fully saturated rings. The van der Waals surface area contributed by atoms with E-state index in [1.165, 1.54) is 17.8 Å². The van der Waals surface area contributed by atoms with Gasteiger partial charge in [-0.1, -0.05) is 6.07 Å². The van der Waals surface area contributed by atoms with Gasteiger partial charge in [-0.05, 0) is 18.4 Å². The van der Waals surface area contributed by atoms with Gasteiger partial charge in [-0.25, -0.2) is 0 Å². The van der Waals surface area contributed by atoms with Crippen LogP contribution < -0.4 is 5.73 Å². The van der Waals surface area contributed by atoms with Crippen LogP contribution in [-0.2, 0) is 6.18 Å². The minimum Gasteiger partial charge on any atom is -0.397 e. The van der Waals surface area contributed by atoms with E-state index in [0.29, 0.717) is 4.90 Å². The van der Waals surface area contributed by atoms with Crippen molar-refractivity contribution in [3.8, 4) is 0 Å². The van der Waals surface area contributed by atoms with E-state index in [1.54, 1.807) is 12.3 Å². The van der Waals surface area contributed by atoms with E-state index in [2.05, 4.69) is 0 Å². The van der Waals surface area contributed by atoms with Gasteiger partial charge in [0.1, 0.15) is 0 Å². The maximum atomic E-state index is 12.3. The predicted octanol–water partition coefficient (Wildman–Crippen LogP) is 3.01. The molecule has 1 aromatic carbocycles. The van der Waals surface area contributed by atoms with Gasteiger partial charge in [0.05, 0.1) is 11.3 Å². The molecule has 0 unspecified atom stereocenters. The third kappa shape index (κ3) is 2.09. The second-order valence-corrected chi connectivity index (χ2v) is 3.27. The summed E-state index contributed by atoms with van der Waals surface area (Å²) in [6.45, 7) is 0. The lowest BCUT2D eigenvalue weighted by Gasteiger charge is -2.11. The molecule has 1 nitrogen and oxygen atoms in total. The summed E-state index contributed by atoms with van der Waals surface area (Å²) < 4.78 is 36.8. The van der Waals surface area contributed by atoms with Crippen molar-refractivity contribution >= 4 is 17.4 Å². The standard InChI is InChI=1S/C8H8F3NS/c1-13-6-4-2-3-5(7(6)12)8(9,10)11/h2-4H,12H2,1H3. The number of anilines is 1. The topological polar surface area (TPSA) is 26.0 Å². The van der Waals surface area contributed by atoms with E-state index in [0.717, 1.165) is 6.07 Å². The summed E-state index contributed by atoms with van der Waals surface area (Å²) >= 11 is 1.20. The van der Waals surface area contributed by atoms with Gasteiger partial charge in [0.15, 0.2) is 0 Å². The van der Waals surface area contributed by atoms with Crippen molar-refractivity contribution in [3.63, 3.8) is 0 Å². The molecule has 0 aliphatic rings. The van der Waals surface area contributed by atoms with Gasteiger partial charge in [-0.3, -0.25) is 0 Å². The average molecular weight is 207 g/mol. The molecule has 1 rings (SSSR count). The summed E-state index contributed by atoms with van der Waals surface area (Å²) in [5, 5.41) is 0. The summed E-state index contributed by atoms with van der Waals surface area (Å²) in [5.41, 5.74) is 4.38. The van der Waals surface area contributed by atoms with Crippen molar-refractivity contribution in [2.24, 2.45) is 0 Å².